The van der Waals surface area contributed by atoms with E-state index >= 15 is 0 Å². The summed E-state index contributed by atoms with van der Waals surface area (Å²) in [6, 6.07) is 15.1. The monoisotopic (exact) mass is 368 g/mol. The van der Waals surface area contributed by atoms with Gasteiger partial charge in [-0.3, -0.25) is 9.47 Å². The smallest absolute Gasteiger partial charge is 0.199 e. The fourth-order valence-corrected chi connectivity index (χ4v) is 4.09. The zero-order chi connectivity index (χ0) is 17.9. The van der Waals surface area contributed by atoms with Crippen LogP contribution in [-0.4, -0.2) is 31.8 Å². The third-order valence-electron chi connectivity index (χ3n) is 5.11. The summed E-state index contributed by atoms with van der Waals surface area (Å²) in [6.07, 6.45) is 5.20. The summed E-state index contributed by atoms with van der Waals surface area (Å²) in [5.41, 5.74) is 1.39. The summed E-state index contributed by atoms with van der Waals surface area (Å²) in [5.74, 6) is 1.57. The Labute approximate surface area is 158 Å². The van der Waals surface area contributed by atoms with Gasteiger partial charge >= 0.3 is 0 Å². The van der Waals surface area contributed by atoms with Crippen molar-refractivity contribution in [2.45, 2.75) is 45.4 Å². The third-order valence-corrected chi connectivity index (χ3v) is 5.54. The minimum atomic E-state index is 0.540. The van der Waals surface area contributed by atoms with E-state index in [0.717, 1.165) is 42.5 Å². The molecule has 136 valence electrons. The van der Waals surface area contributed by atoms with Crippen molar-refractivity contribution in [2.75, 3.05) is 6.54 Å². The van der Waals surface area contributed by atoms with Gasteiger partial charge in [-0.15, -0.1) is 5.10 Å². The lowest BCUT2D eigenvalue weighted by atomic mass is 10.0. The Morgan fingerprint density at radius 1 is 1.19 bits per heavy atom. The van der Waals surface area contributed by atoms with E-state index in [0.29, 0.717) is 6.04 Å². The molecule has 0 saturated carbocycles. The summed E-state index contributed by atoms with van der Waals surface area (Å²) in [4.78, 5) is 2.50. The maximum absolute atomic E-state index is 5.68. The van der Waals surface area contributed by atoms with Gasteiger partial charge in [-0.25, -0.2) is 4.68 Å². The molecule has 1 fully saturated rings. The van der Waals surface area contributed by atoms with Gasteiger partial charge in [0.05, 0.1) is 12.9 Å². The molecular weight excluding hydrogens is 344 g/mol. The van der Waals surface area contributed by atoms with Crippen molar-refractivity contribution in [1.29, 1.82) is 0 Å². The van der Waals surface area contributed by atoms with Crippen molar-refractivity contribution in [3.63, 3.8) is 0 Å². The molecule has 4 rings (SSSR count). The van der Waals surface area contributed by atoms with Crippen molar-refractivity contribution in [2.24, 2.45) is 0 Å². The van der Waals surface area contributed by atoms with Crippen LogP contribution in [0.5, 0.6) is 0 Å². The lowest BCUT2D eigenvalue weighted by molar-refractivity contribution is 0.187. The minimum absolute atomic E-state index is 0.540. The topological polar surface area (TPSA) is 39.1 Å². The van der Waals surface area contributed by atoms with Gasteiger partial charge in [0.25, 0.3) is 0 Å². The number of hydrogen-bond donors (Lipinski definition) is 0. The maximum atomic E-state index is 5.68. The third kappa shape index (κ3) is 3.39. The second-order valence-corrected chi connectivity index (χ2v) is 7.13. The quantitative estimate of drug-likeness (QED) is 0.606. The fourth-order valence-electron chi connectivity index (χ4n) is 3.78. The van der Waals surface area contributed by atoms with Gasteiger partial charge in [-0.05, 0) is 56.1 Å². The Balaban J connectivity index is 1.56. The van der Waals surface area contributed by atoms with Crippen LogP contribution in [0.25, 0.3) is 11.6 Å². The Bertz CT molecular complexity index is 898. The first-order valence-electron chi connectivity index (χ1n) is 9.25. The molecule has 0 bridgehead atoms. The van der Waals surface area contributed by atoms with Crippen molar-refractivity contribution in [3.05, 3.63) is 59.1 Å². The largest absolute Gasteiger partial charge is 0.461 e. The van der Waals surface area contributed by atoms with E-state index in [1.807, 2.05) is 21.4 Å². The lowest BCUT2D eigenvalue weighted by Gasteiger charge is -2.24. The zero-order valence-electron chi connectivity index (χ0n) is 15.0. The molecule has 1 atom stereocenters. The van der Waals surface area contributed by atoms with E-state index < -0.39 is 0 Å². The molecule has 3 heterocycles. The molecule has 6 heteroatoms. The average Bonchev–Trinajstić information content (AvgIpc) is 3.38. The zero-order valence-corrected chi connectivity index (χ0v) is 15.9. The molecule has 0 radical (unpaired) electrons. The van der Waals surface area contributed by atoms with Crippen molar-refractivity contribution < 1.29 is 4.42 Å². The number of aromatic nitrogens is 3. The van der Waals surface area contributed by atoms with E-state index in [1.54, 1.807) is 6.26 Å². The summed E-state index contributed by atoms with van der Waals surface area (Å²) in [7, 11) is 0. The van der Waals surface area contributed by atoms with Gasteiger partial charge in [0.15, 0.2) is 16.4 Å². The van der Waals surface area contributed by atoms with E-state index in [1.165, 1.54) is 18.4 Å². The highest BCUT2D eigenvalue weighted by Gasteiger charge is 2.26. The Morgan fingerprint density at radius 2 is 2.04 bits per heavy atom. The molecule has 0 amide bonds. The fraction of sp³-hybridized carbons (Fsp3) is 0.400. The maximum Gasteiger partial charge on any atom is 0.199 e. The molecule has 1 aliphatic heterocycles. The average molecular weight is 369 g/mol. The van der Waals surface area contributed by atoms with Crippen LogP contribution in [0.1, 0.15) is 25.3 Å². The van der Waals surface area contributed by atoms with Crippen LogP contribution < -0.4 is 0 Å². The van der Waals surface area contributed by atoms with Crippen LogP contribution in [0.3, 0.4) is 0 Å². The van der Waals surface area contributed by atoms with Gasteiger partial charge in [-0.2, -0.15) is 0 Å². The second kappa shape index (κ2) is 7.60. The van der Waals surface area contributed by atoms with Gasteiger partial charge < -0.3 is 4.42 Å². The number of likely N-dealkylation sites (tertiary alicyclic amines) is 1. The van der Waals surface area contributed by atoms with Crippen LogP contribution in [0, 0.1) is 4.77 Å². The molecule has 1 saturated heterocycles. The van der Waals surface area contributed by atoms with Crippen molar-refractivity contribution in [1.82, 2.24) is 19.2 Å². The van der Waals surface area contributed by atoms with E-state index in [9.17, 15) is 0 Å². The molecule has 2 aromatic heterocycles. The van der Waals surface area contributed by atoms with E-state index in [2.05, 4.69) is 42.2 Å². The molecule has 0 spiro atoms. The molecule has 0 aliphatic carbocycles. The van der Waals surface area contributed by atoms with Crippen LogP contribution >= 0.6 is 12.2 Å². The van der Waals surface area contributed by atoms with Crippen molar-refractivity contribution >= 4 is 12.2 Å². The second-order valence-electron chi connectivity index (χ2n) is 6.77. The van der Waals surface area contributed by atoms with Crippen LogP contribution in [0.15, 0.2) is 53.1 Å². The summed E-state index contributed by atoms with van der Waals surface area (Å²) >= 11 is 5.68. The van der Waals surface area contributed by atoms with Crippen molar-refractivity contribution in [3.8, 4) is 11.6 Å². The number of benzene rings is 1. The first-order valence-corrected chi connectivity index (χ1v) is 9.66. The standard InChI is InChI=1S/C20H24N4OS/c1-2-23-19(18-11-7-13-25-18)21-24(20(23)26)15-22-12-6-10-17(22)14-16-8-4-3-5-9-16/h3-5,7-9,11,13,17H,2,6,10,12,14-15H2,1H3. The summed E-state index contributed by atoms with van der Waals surface area (Å²) in [6.45, 7) is 4.69. The minimum Gasteiger partial charge on any atom is -0.461 e. The summed E-state index contributed by atoms with van der Waals surface area (Å²) in [5, 5.41) is 4.77. The predicted octanol–water partition coefficient (Wildman–Crippen LogP) is 4.36. The molecule has 3 aromatic rings. The van der Waals surface area contributed by atoms with E-state index in [-0.39, 0.29) is 0 Å². The normalized spacial score (nSPS) is 17.8. The number of rotatable bonds is 6. The van der Waals surface area contributed by atoms with Gasteiger partial charge in [0.1, 0.15) is 0 Å². The van der Waals surface area contributed by atoms with Gasteiger partial charge in [-0.1, -0.05) is 30.3 Å². The van der Waals surface area contributed by atoms with Gasteiger partial charge in [0, 0.05) is 19.1 Å². The number of hydrogen-bond acceptors (Lipinski definition) is 4. The molecule has 1 aliphatic rings. The lowest BCUT2D eigenvalue weighted by Crippen LogP contribution is -2.33. The van der Waals surface area contributed by atoms with Crippen LogP contribution in [-0.2, 0) is 19.6 Å². The SMILES string of the molecule is CCn1c(-c2ccco2)nn(CN2CCCC2Cc2ccccc2)c1=S. The van der Waals surface area contributed by atoms with E-state index in [4.69, 9.17) is 21.7 Å². The Hall–Kier alpha value is -2.18. The summed E-state index contributed by atoms with van der Waals surface area (Å²) < 4.78 is 10.3. The highest BCUT2D eigenvalue weighted by molar-refractivity contribution is 7.71. The highest BCUT2D eigenvalue weighted by atomic mass is 32.1. The molecule has 5 nitrogen and oxygen atoms in total. The predicted molar refractivity (Wildman–Crippen MR) is 104 cm³/mol. The molecule has 0 N–H and O–H groups in total. The van der Waals surface area contributed by atoms with Gasteiger partial charge in [0.2, 0.25) is 0 Å². The van der Waals surface area contributed by atoms with Crippen LogP contribution in [0.2, 0.25) is 0 Å². The first kappa shape index (κ1) is 17.2. The Morgan fingerprint density at radius 3 is 2.77 bits per heavy atom. The number of furan rings is 1. The molecule has 1 unspecified atom stereocenters. The first-order chi connectivity index (χ1) is 12.8. The molecule has 26 heavy (non-hydrogen) atoms. The molecule has 1 aromatic carbocycles. The number of nitrogens with zero attached hydrogens (tertiary/aromatic N) is 4. The van der Waals surface area contributed by atoms with Crippen LogP contribution in [0.4, 0.5) is 0 Å². The molecular formula is C20H24N4OS. The Kier molecular flexibility index (Phi) is 5.04. The highest BCUT2D eigenvalue weighted by Crippen LogP contribution is 2.23.